The van der Waals surface area contributed by atoms with Crippen molar-refractivity contribution < 1.29 is 9.31 Å². The number of halogens is 1. The predicted octanol–water partition coefficient (Wildman–Crippen LogP) is 1.98. The normalized spacial score (nSPS) is 11.4. The number of aromatic nitrogens is 4. The fourth-order valence-electron chi connectivity index (χ4n) is 3.34. The van der Waals surface area contributed by atoms with E-state index < -0.39 is 22.0 Å². The average molecular weight is 451 g/mol. The predicted molar refractivity (Wildman–Crippen MR) is 120 cm³/mol. The third-order valence-corrected chi connectivity index (χ3v) is 5.06. The van der Waals surface area contributed by atoms with Crippen LogP contribution in [0.5, 0.6) is 0 Å². The van der Waals surface area contributed by atoms with E-state index in [1.807, 2.05) is 0 Å². The molecule has 0 aliphatic rings. The Morgan fingerprint density at radius 2 is 1.88 bits per heavy atom. The Labute approximate surface area is 185 Å². The van der Waals surface area contributed by atoms with Gasteiger partial charge in [0.2, 0.25) is 5.95 Å². The van der Waals surface area contributed by atoms with Crippen LogP contribution in [0.4, 0.5) is 16.0 Å². The molecular formula is C21H18FN7O4. The summed E-state index contributed by atoms with van der Waals surface area (Å²) < 4.78 is 17.1. The molecule has 4 rings (SSSR count). The molecule has 0 fully saturated rings. The van der Waals surface area contributed by atoms with E-state index in [-0.39, 0.29) is 29.3 Å². The minimum atomic E-state index is -0.543. The van der Waals surface area contributed by atoms with Gasteiger partial charge < -0.3 is 0 Å². The molecule has 0 aliphatic heterocycles. The third-order valence-electron chi connectivity index (χ3n) is 5.06. The van der Waals surface area contributed by atoms with Gasteiger partial charge in [-0.15, -0.1) is 0 Å². The van der Waals surface area contributed by atoms with Crippen molar-refractivity contribution in [3.63, 3.8) is 0 Å². The summed E-state index contributed by atoms with van der Waals surface area (Å²) in [5.74, 6) is -0.234. The van der Waals surface area contributed by atoms with Gasteiger partial charge in [0.15, 0.2) is 11.2 Å². The van der Waals surface area contributed by atoms with Crippen molar-refractivity contribution in [2.45, 2.75) is 6.54 Å². The molecule has 2 aromatic carbocycles. The van der Waals surface area contributed by atoms with Crippen molar-refractivity contribution >= 4 is 29.0 Å². The van der Waals surface area contributed by atoms with E-state index in [9.17, 15) is 24.1 Å². The molecular weight excluding hydrogens is 433 g/mol. The zero-order valence-electron chi connectivity index (χ0n) is 17.6. The summed E-state index contributed by atoms with van der Waals surface area (Å²) in [5, 5.41) is 15.0. The Morgan fingerprint density at radius 3 is 2.58 bits per heavy atom. The van der Waals surface area contributed by atoms with E-state index in [4.69, 9.17) is 0 Å². The molecule has 2 heterocycles. The van der Waals surface area contributed by atoms with Crippen LogP contribution >= 0.6 is 0 Å². The standard InChI is InChI=1S/C21H18FN7O4/c1-26-18-17(19(30)27(2)21(26)31)28(12-13-6-8-15(22)9-7-13)20(24-18)25-23-11-14-4-3-5-16(10-14)29(32)33/h3-11H,12H2,1-2H3,(H,24,25)/b23-11+. The number of benzene rings is 2. The van der Waals surface area contributed by atoms with E-state index in [0.29, 0.717) is 11.1 Å². The number of nitrogens with zero attached hydrogens (tertiary/aromatic N) is 6. The first-order valence-electron chi connectivity index (χ1n) is 9.70. The summed E-state index contributed by atoms with van der Waals surface area (Å²) in [6, 6.07) is 11.6. The number of nitrogens with one attached hydrogen (secondary N) is 1. The number of fused-ring (bicyclic) bond motifs is 1. The van der Waals surface area contributed by atoms with Crippen molar-refractivity contribution in [2.75, 3.05) is 5.43 Å². The van der Waals surface area contributed by atoms with Crippen molar-refractivity contribution in [1.29, 1.82) is 0 Å². The molecule has 168 valence electrons. The van der Waals surface area contributed by atoms with Gasteiger partial charge in [0.1, 0.15) is 5.82 Å². The molecule has 0 saturated heterocycles. The highest BCUT2D eigenvalue weighted by Gasteiger charge is 2.19. The lowest BCUT2D eigenvalue weighted by molar-refractivity contribution is -0.384. The Kier molecular flexibility index (Phi) is 5.56. The second-order valence-electron chi connectivity index (χ2n) is 7.25. The van der Waals surface area contributed by atoms with Crippen LogP contribution < -0.4 is 16.7 Å². The van der Waals surface area contributed by atoms with Crippen LogP contribution in [0.2, 0.25) is 0 Å². The van der Waals surface area contributed by atoms with E-state index in [0.717, 1.165) is 4.57 Å². The molecule has 0 aliphatic carbocycles. The molecule has 1 N–H and O–H groups in total. The maximum absolute atomic E-state index is 13.3. The first-order chi connectivity index (χ1) is 15.8. The lowest BCUT2D eigenvalue weighted by Gasteiger charge is -2.09. The molecule has 4 aromatic rings. The van der Waals surface area contributed by atoms with Crippen molar-refractivity contribution in [2.24, 2.45) is 19.2 Å². The molecule has 0 unspecified atom stereocenters. The van der Waals surface area contributed by atoms with Gasteiger partial charge in [0.25, 0.3) is 11.2 Å². The number of non-ortho nitro benzene ring substituents is 1. The van der Waals surface area contributed by atoms with Gasteiger partial charge in [-0.25, -0.2) is 14.6 Å². The largest absolute Gasteiger partial charge is 0.332 e. The van der Waals surface area contributed by atoms with Crippen LogP contribution in [0.1, 0.15) is 11.1 Å². The van der Waals surface area contributed by atoms with Gasteiger partial charge in [-0.05, 0) is 17.7 Å². The summed E-state index contributed by atoms with van der Waals surface area (Å²) in [7, 11) is 2.86. The highest BCUT2D eigenvalue weighted by molar-refractivity contribution is 5.81. The van der Waals surface area contributed by atoms with Gasteiger partial charge in [0.05, 0.1) is 17.7 Å². The molecule has 0 bridgehead atoms. The monoisotopic (exact) mass is 451 g/mol. The van der Waals surface area contributed by atoms with Crippen molar-refractivity contribution in [1.82, 2.24) is 18.7 Å². The molecule has 0 saturated carbocycles. The Bertz CT molecular complexity index is 1520. The zero-order valence-corrected chi connectivity index (χ0v) is 17.6. The number of rotatable bonds is 6. The minimum Gasteiger partial charge on any atom is -0.298 e. The van der Waals surface area contributed by atoms with E-state index in [1.54, 1.807) is 18.2 Å². The fourth-order valence-corrected chi connectivity index (χ4v) is 3.34. The van der Waals surface area contributed by atoms with Crippen molar-refractivity contribution in [3.8, 4) is 0 Å². The first kappa shape index (κ1) is 21.6. The maximum atomic E-state index is 13.3. The van der Waals surface area contributed by atoms with Gasteiger partial charge in [-0.2, -0.15) is 10.1 Å². The zero-order chi connectivity index (χ0) is 23.7. The Morgan fingerprint density at radius 1 is 1.15 bits per heavy atom. The lowest BCUT2D eigenvalue weighted by Crippen LogP contribution is -2.37. The van der Waals surface area contributed by atoms with Crippen LogP contribution in [-0.2, 0) is 20.6 Å². The number of aryl methyl sites for hydroxylation is 1. The Balaban J connectivity index is 1.79. The van der Waals surface area contributed by atoms with Crippen molar-refractivity contribution in [3.05, 3.63) is 96.4 Å². The summed E-state index contributed by atoms with van der Waals surface area (Å²) in [4.78, 5) is 40.0. The fraction of sp³-hybridized carbons (Fsp3) is 0.143. The number of nitro benzene ring substituents is 1. The SMILES string of the molecule is Cn1c(=O)c2c(nc(N/N=C/c3cccc([N+](=O)[O-])c3)n2Cc2ccc(F)cc2)n(C)c1=O. The van der Waals surface area contributed by atoms with Crippen LogP contribution in [0.3, 0.4) is 0 Å². The first-order valence-corrected chi connectivity index (χ1v) is 9.70. The van der Waals surface area contributed by atoms with Gasteiger partial charge in [-0.1, -0.05) is 24.3 Å². The molecule has 0 amide bonds. The lowest BCUT2D eigenvalue weighted by atomic mass is 10.2. The van der Waals surface area contributed by atoms with Crippen LogP contribution in [0.15, 0.2) is 63.2 Å². The van der Waals surface area contributed by atoms with Crippen LogP contribution in [0, 0.1) is 15.9 Å². The smallest absolute Gasteiger partial charge is 0.298 e. The quantitative estimate of drug-likeness (QED) is 0.271. The highest BCUT2D eigenvalue weighted by atomic mass is 19.1. The average Bonchev–Trinajstić information content (AvgIpc) is 3.16. The molecule has 0 atom stereocenters. The Hall–Kier alpha value is -4.61. The van der Waals surface area contributed by atoms with Gasteiger partial charge >= 0.3 is 5.69 Å². The second kappa shape index (κ2) is 8.49. The molecule has 11 nitrogen and oxygen atoms in total. The topological polar surface area (TPSA) is 129 Å². The highest BCUT2D eigenvalue weighted by Crippen LogP contribution is 2.18. The van der Waals surface area contributed by atoms with Gasteiger partial charge in [0, 0.05) is 31.8 Å². The number of anilines is 1. The molecule has 2 aromatic heterocycles. The maximum Gasteiger partial charge on any atom is 0.332 e. The third kappa shape index (κ3) is 4.13. The number of hydrogen-bond acceptors (Lipinski definition) is 7. The van der Waals surface area contributed by atoms with Crippen LogP contribution in [-0.4, -0.2) is 29.8 Å². The summed E-state index contributed by atoms with van der Waals surface area (Å²) >= 11 is 0. The molecule has 33 heavy (non-hydrogen) atoms. The molecule has 0 spiro atoms. The number of nitro groups is 1. The number of hydrogen-bond donors (Lipinski definition) is 1. The van der Waals surface area contributed by atoms with E-state index in [1.165, 1.54) is 59.8 Å². The van der Waals surface area contributed by atoms with Gasteiger partial charge in [-0.3, -0.25) is 28.6 Å². The molecule has 0 radical (unpaired) electrons. The summed E-state index contributed by atoms with van der Waals surface area (Å²) in [6.07, 6.45) is 1.37. The summed E-state index contributed by atoms with van der Waals surface area (Å²) in [6.45, 7) is 0.152. The van der Waals surface area contributed by atoms with Crippen LogP contribution in [0.25, 0.3) is 11.2 Å². The van der Waals surface area contributed by atoms with E-state index in [2.05, 4.69) is 15.5 Å². The number of hydrazone groups is 1. The number of imidazole rings is 1. The van der Waals surface area contributed by atoms with E-state index >= 15 is 0 Å². The minimum absolute atomic E-state index is 0.0824. The second-order valence-corrected chi connectivity index (χ2v) is 7.25. The molecule has 12 heteroatoms. The summed E-state index contributed by atoms with van der Waals surface area (Å²) in [5.41, 5.74) is 3.06.